The zero-order valence-corrected chi connectivity index (χ0v) is 16.2. The van der Waals surface area contributed by atoms with Crippen LogP contribution in [0.4, 0.5) is 0 Å². The van der Waals surface area contributed by atoms with Crippen LogP contribution in [0.2, 0.25) is 0 Å². The number of piperidine rings is 1. The third-order valence-electron chi connectivity index (χ3n) is 5.99. The number of methoxy groups -OCH3 is 1. The van der Waals surface area contributed by atoms with Gasteiger partial charge in [-0.05, 0) is 49.4 Å². The number of rotatable bonds is 4. The van der Waals surface area contributed by atoms with Crippen LogP contribution >= 0.6 is 0 Å². The largest absolute Gasteiger partial charge is 0.479 e. The number of amides is 1. The van der Waals surface area contributed by atoms with Gasteiger partial charge in [0.05, 0.1) is 19.3 Å². The molecular weight excluding hydrogens is 344 g/mol. The highest BCUT2D eigenvalue weighted by atomic mass is 16.5. The van der Waals surface area contributed by atoms with E-state index in [1.54, 1.807) is 6.07 Å². The molecule has 2 aromatic rings. The molecule has 1 atom stereocenters. The zero-order chi connectivity index (χ0) is 19.0. The van der Waals surface area contributed by atoms with Crippen molar-refractivity contribution in [3.05, 3.63) is 46.7 Å². The average molecular weight is 370 g/mol. The minimum Gasteiger partial charge on any atom is -0.479 e. The molecule has 2 heterocycles. The number of carbonyl (C=O) groups is 1. The lowest BCUT2D eigenvalue weighted by atomic mass is 9.73. The molecule has 1 unspecified atom stereocenters. The highest BCUT2D eigenvalue weighted by Crippen LogP contribution is 2.52. The lowest BCUT2D eigenvalue weighted by Crippen LogP contribution is -2.44. The van der Waals surface area contributed by atoms with Gasteiger partial charge in [-0.2, -0.15) is 0 Å². The summed E-state index contributed by atoms with van der Waals surface area (Å²) in [5, 5.41) is 3.73. The van der Waals surface area contributed by atoms with Gasteiger partial charge in [-0.1, -0.05) is 23.8 Å². The van der Waals surface area contributed by atoms with E-state index in [-0.39, 0.29) is 23.2 Å². The summed E-state index contributed by atoms with van der Waals surface area (Å²) < 4.78 is 16.2. The van der Waals surface area contributed by atoms with E-state index in [1.165, 1.54) is 23.8 Å². The van der Waals surface area contributed by atoms with Gasteiger partial charge in [0, 0.05) is 25.1 Å². The number of hydrogen-bond acceptors (Lipinski definition) is 5. The van der Waals surface area contributed by atoms with E-state index in [0.29, 0.717) is 25.6 Å². The molecule has 1 aromatic carbocycles. The average Bonchev–Trinajstić information content (AvgIpc) is 3.26. The maximum atomic E-state index is 12.7. The van der Waals surface area contributed by atoms with Crippen LogP contribution in [0.1, 0.15) is 59.5 Å². The second kappa shape index (κ2) is 7.00. The van der Waals surface area contributed by atoms with Crippen molar-refractivity contribution in [3.8, 4) is 5.88 Å². The zero-order valence-electron chi connectivity index (χ0n) is 16.2. The van der Waals surface area contributed by atoms with Crippen LogP contribution in [0.15, 0.2) is 28.8 Å². The van der Waals surface area contributed by atoms with Crippen molar-refractivity contribution in [1.82, 2.24) is 10.1 Å². The van der Waals surface area contributed by atoms with Gasteiger partial charge in [-0.15, -0.1) is 0 Å². The summed E-state index contributed by atoms with van der Waals surface area (Å²) in [5.74, 6) is 0.438. The highest BCUT2D eigenvalue weighted by molar-refractivity contribution is 5.91. The van der Waals surface area contributed by atoms with Gasteiger partial charge in [0.25, 0.3) is 11.8 Å². The Labute approximate surface area is 159 Å². The fourth-order valence-electron chi connectivity index (χ4n) is 4.58. The molecule has 144 valence electrons. The number of aromatic nitrogens is 1. The normalized spacial score (nSPS) is 20.7. The molecule has 0 N–H and O–H groups in total. The van der Waals surface area contributed by atoms with Crippen molar-refractivity contribution < 1.29 is 18.8 Å². The first-order valence-corrected chi connectivity index (χ1v) is 9.59. The van der Waals surface area contributed by atoms with Gasteiger partial charge in [0.15, 0.2) is 0 Å². The van der Waals surface area contributed by atoms with E-state index in [4.69, 9.17) is 14.0 Å². The molecular formula is C21H26N2O4. The van der Waals surface area contributed by atoms with Crippen molar-refractivity contribution in [2.45, 2.75) is 44.6 Å². The molecule has 1 aliphatic heterocycles. The Kier molecular flexibility index (Phi) is 4.68. The van der Waals surface area contributed by atoms with Crippen LogP contribution in [-0.4, -0.2) is 42.8 Å². The Morgan fingerprint density at radius 3 is 2.78 bits per heavy atom. The standard InChI is InChI=1S/C21H26N2O4/c1-4-26-18-13-21(16-6-5-14(2)11-15(16)18)7-9-23(10-8-21)20(24)17-12-19(25-3)22-27-17/h5-6,11-12,18H,4,7-10,13H2,1-3H3. The Morgan fingerprint density at radius 2 is 2.11 bits per heavy atom. The molecule has 1 saturated heterocycles. The summed E-state index contributed by atoms with van der Waals surface area (Å²) in [7, 11) is 1.50. The lowest BCUT2D eigenvalue weighted by Gasteiger charge is -2.40. The highest BCUT2D eigenvalue weighted by Gasteiger charge is 2.46. The molecule has 6 nitrogen and oxygen atoms in total. The number of nitrogens with zero attached hydrogens (tertiary/aromatic N) is 2. The molecule has 1 fully saturated rings. The van der Waals surface area contributed by atoms with Gasteiger partial charge < -0.3 is 18.9 Å². The smallest absolute Gasteiger partial charge is 0.292 e. The minimum absolute atomic E-state index is 0.0960. The van der Waals surface area contributed by atoms with E-state index in [2.05, 4.69) is 30.3 Å². The monoisotopic (exact) mass is 370 g/mol. The summed E-state index contributed by atoms with van der Waals surface area (Å²) in [6.07, 6.45) is 3.02. The first-order chi connectivity index (χ1) is 13.1. The van der Waals surface area contributed by atoms with E-state index in [1.807, 2.05) is 11.8 Å². The number of carbonyl (C=O) groups excluding carboxylic acids is 1. The van der Waals surface area contributed by atoms with Gasteiger partial charge in [0.2, 0.25) is 5.76 Å². The van der Waals surface area contributed by atoms with Crippen LogP contribution in [0.5, 0.6) is 5.88 Å². The third-order valence-corrected chi connectivity index (χ3v) is 5.99. The fraction of sp³-hybridized carbons (Fsp3) is 0.524. The second-order valence-corrected chi connectivity index (χ2v) is 7.54. The van der Waals surface area contributed by atoms with E-state index < -0.39 is 0 Å². The third kappa shape index (κ3) is 3.12. The molecule has 1 aliphatic carbocycles. The fourth-order valence-corrected chi connectivity index (χ4v) is 4.58. The Hall–Kier alpha value is -2.34. The summed E-state index contributed by atoms with van der Waals surface area (Å²) >= 11 is 0. The van der Waals surface area contributed by atoms with Crippen molar-refractivity contribution in [2.24, 2.45) is 0 Å². The summed E-state index contributed by atoms with van der Waals surface area (Å²) in [6, 6.07) is 8.27. The molecule has 2 aliphatic rings. The Bertz CT molecular complexity index is 836. The molecule has 27 heavy (non-hydrogen) atoms. The number of aryl methyl sites for hydroxylation is 1. The quantitative estimate of drug-likeness (QED) is 0.822. The number of ether oxygens (including phenoxy) is 2. The van der Waals surface area contributed by atoms with Crippen molar-refractivity contribution in [2.75, 3.05) is 26.8 Å². The van der Waals surface area contributed by atoms with E-state index in [0.717, 1.165) is 19.3 Å². The van der Waals surface area contributed by atoms with Crippen LogP contribution in [0.3, 0.4) is 0 Å². The SMILES string of the molecule is CCOC1CC2(CCN(C(=O)c3cc(OC)no3)CC2)c2ccc(C)cc21. The lowest BCUT2D eigenvalue weighted by molar-refractivity contribution is 0.0371. The van der Waals surface area contributed by atoms with Gasteiger partial charge >= 0.3 is 0 Å². The predicted octanol–water partition coefficient (Wildman–Crippen LogP) is 3.65. The molecule has 1 spiro atoms. The number of benzene rings is 1. The summed E-state index contributed by atoms with van der Waals surface area (Å²) in [5.41, 5.74) is 4.10. The van der Waals surface area contributed by atoms with Gasteiger partial charge in [0.1, 0.15) is 0 Å². The maximum absolute atomic E-state index is 12.7. The second-order valence-electron chi connectivity index (χ2n) is 7.54. The number of likely N-dealkylation sites (tertiary alicyclic amines) is 1. The van der Waals surface area contributed by atoms with Crippen LogP contribution in [0, 0.1) is 6.92 Å². The van der Waals surface area contributed by atoms with Gasteiger partial charge in [-0.25, -0.2) is 0 Å². The predicted molar refractivity (Wildman–Crippen MR) is 100 cm³/mol. The van der Waals surface area contributed by atoms with Crippen LogP contribution in [0.25, 0.3) is 0 Å². The molecule has 0 radical (unpaired) electrons. The Morgan fingerprint density at radius 1 is 1.33 bits per heavy atom. The Balaban J connectivity index is 1.52. The molecule has 4 rings (SSSR count). The maximum Gasteiger partial charge on any atom is 0.292 e. The van der Waals surface area contributed by atoms with Crippen molar-refractivity contribution >= 4 is 5.91 Å². The molecule has 1 amide bonds. The van der Waals surface area contributed by atoms with Crippen LogP contribution in [-0.2, 0) is 10.2 Å². The molecule has 0 saturated carbocycles. The van der Waals surface area contributed by atoms with E-state index in [9.17, 15) is 4.79 Å². The van der Waals surface area contributed by atoms with E-state index >= 15 is 0 Å². The topological polar surface area (TPSA) is 64.8 Å². The van der Waals surface area contributed by atoms with Gasteiger partial charge in [-0.3, -0.25) is 4.79 Å². The van der Waals surface area contributed by atoms with Crippen LogP contribution < -0.4 is 4.74 Å². The molecule has 6 heteroatoms. The molecule has 1 aromatic heterocycles. The first-order valence-electron chi connectivity index (χ1n) is 9.59. The van der Waals surface area contributed by atoms with Crippen molar-refractivity contribution in [3.63, 3.8) is 0 Å². The first kappa shape index (κ1) is 18.0. The molecule has 0 bridgehead atoms. The summed E-state index contributed by atoms with van der Waals surface area (Å²) in [6.45, 7) is 6.29. The number of hydrogen-bond donors (Lipinski definition) is 0. The van der Waals surface area contributed by atoms with Crippen molar-refractivity contribution in [1.29, 1.82) is 0 Å². The minimum atomic E-state index is -0.121. The summed E-state index contributed by atoms with van der Waals surface area (Å²) in [4.78, 5) is 14.6. The number of fused-ring (bicyclic) bond motifs is 2.